The Labute approximate surface area is 186 Å². The molecule has 168 valence electrons. The van der Waals surface area contributed by atoms with E-state index in [4.69, 9.17) is 0 Å². The lowest BCUT2D eigenvalue weighted by molar-refractivity contribution is 0.0834. The maximum atomic E-state index is 13.9. The molecule has 1 saturated heterocycles. The third-order valence-corrected chi connectivity index (χ3v) is 5.97. The van der Waals surface area contributed by atoms with Gasteiger partial charge in [0.05, 0.1) is 12.1 Å². The van der Waals surface area contributed by atoms with Crippen LogP contribution in [0.25, 0.3) is 11.4 Å². The van der Waals surface area contributed by atoms with Crippen LogP contribution in [-0.2, 0) is 6.54 Å². The molecule has 0 bridgehead atoms. The van der Waals surface area contributed by atoms with Crippen LogP contribution in [0.1, 0.15) is 42.5 Å². The second-order valence-corrected chi connectivity index (χ2v) is 8.24. The molecule has 32 heavy (non-hydrogen) atoms. The number of ketones is 1. The number of Topliss-reactive ketones (excluding diaryl/α,β-unsaturated/α-hetero) is 1. The van der Waals surface area contributed by atoms with Crippen LogP contribution in [0.5, 0.6) is 0 Å². The van der Waals surface area contributed by atoms with Crippen molar-refractivity contribution in [3.8, 4) is 11.4 Å². The highest BCUT2D eigenvalue weighted by Crippen LogP contribution is 2.24. The second kappa shape index (κ2) is 10.5. The van der Waals surface area contributed by atoms with Crippen LogP contribution in [0.3, 0.4) is 0 Å². The van der Waals surface area contributed by atoms with E-state index in [1.54, 1.807) is 4.80 Å². The van der Waals surface area contributed by atoms with Crippen molar-refractivity contribution in [2.45, 2.75) is 38.6 Å². The fourth-order valence-electron chi connectivity index (χ4n) is 4.13. The molecule has 8 heteroatoms. The van der Waals surface area contributed by atoms with Crippen molar-refractivity contribution in [1.82, 2.24) is 25.1 Å². The average molecular weight is 440 g/mol. The van der Waals surface area contributed by atoms with Crippen LogP contribution in [0.15, 0.2) is 48.5 Å². The van der Waals surface area contributed by atoms with Crippen LogP contribution in [0, 0.1) is 17.6 Å². The number of rotatable bonds is 9. The van der Waals surface area contributed by atoms with Crippen molar-refractivity contribution < 1.29 is 13.6 Å². The second-order valence-electron chi connectivity index (χ2n) is 8.24. The number of nitrogens with zero attached hydrogens (tertiary/aromatic N) is 5. The fourth-order valence-corrected chi connectivity index (χ4v) is 4.13. The summed E-state index contributed by atoms with van der Waals surface area (Å²) in [4.78, 5) is 16.5. The molecule has 0 radical (unpaired) electrons. The zero-order valence-corrected chi connectivity index (χ0v) is 18.0. The first kappa shape index (κ1) is 22.2. The molecule has 0 spiro atoms. The molecule has 0 N–H and O–H groups in total. The molecule has 4 rings (SSSR count). The minimum Gasteiger partial charge on any atom is -0.303 e. The smallest absolute Gasteiger partial charge is 0.204 e. The number of unbranched alkanes of at least 4 members (excludes halogenated alkanes) is 2. The number of aromatic nitrogens is 4. The lowest BCUT2D eigenvalue weighted by Gasteiger charge is -2.31. The summed E-state index contributed by atoms with van der Waals surface area (Å²) in [6.07, 6.45) is 4.44. The Hall–Kier alpha value is -3.00. The minimum absolute atomic E-state index is 0.124. The fraction of sp³-hybridized carbons (Fsp3) is 0.417. The zero-order chi connectivity index (χ0) is 22.3. The Morgan fingerprint density at radius 1 is 0.969 bits per heavy atom. The number of carbonyl (C=O) groups excluding carboxylic acids is 1. The first-order valence-corrected chi connectivity index (χ1v) is 11.1. The van der Waals surface area contributed by atoms with Gasteiger partial charge in [-0.05, 0) is 68.7 Å². The van der Waals surface area contributed by atoms with Gasteiger partial charge < -0.3 is 4.90 Å². The van der Waals surface area contributed by atoms with Crippen molar-refractivity contribution in [2.24, 2.45) is 5.92 Å². The Morgan fingerprint density at radius 3 is 2.50 bits per heavy atom. The van der Waals surface area contributed by atoms with Gasteiger partial charge in [0.25, 0.3) is 0 Å². The largest absolute Gasteiger partial charge is 0.303 e. The van der Waals surface area contributed by atoms with Crippen molar-refractivity contribution in [2.75, 3.05) is 19.6 Å². The summed E-state index contributed by atoms with van der Waals surface area (Å²) in [5.74, 6) is -1.10. The molecule has 2 aromatic carbocycles. The van der Waals surface area contributed by atoms with E-state index in [1.165, 1.54) is 0 Å². The van der Waals surface area contributed by atoms with Gasteiger partial charge in [0.15, 0.2) is 5.78 Å². The SMILES string of the molecule is O=C(c1cc(F)ccc1F)C1CCN(CCCCCn2nnc(-c3ccccc3)n2)CC1. The Bertz CT molecular complexity index is 1030. The summed E-state index contributed by atoms with van der Waals surface area (Å²) >= 11 is 0. The molecule has 1 aliphatic heterocycles. The number of piperidine rings is 1. The summed E-state index contributed by atoms with van der Waals surface area (Å²) in [6, 6.07) is 12.9. The number of halogens is 2. The number of hydrogen-bond donors (Lipinski definition) is 0. The number of benzene rings is 2. The molecule has 0 amide bonds. The van der Waals surface area contributed by atoms with Gasteiger partial charge in [-0.25, -0.2) is 8.78 Å². The molecule has 1 fully saturated rings. The van der Waals surface area contributed by atoms with E-state index in [0.717, 1.165) is 69.2 Å². The standard InChI is InChI=1S/C24H27F2N5O/c25-20-9-10-22(26)21(17-20)23(32)18-11-15-30(16-12-18)13-5-2-6-14-31-28-24(27-29-31)19-7-3-1-4-8-19/h1,3-4,7-10,17-18H,2,5-6,11-16H2. The highest BCUT2D eigenvalue weighted by atomic mass is 19.1. The first-order valence-electron chi connectivity index (χ1n) is 11.1. The van der Waals surface area contributed by atoms with E-state index in [-0.39, 0.29) is 17.3 Å². The van der Waals surface area contributed by atoms with Crippen LogP contribution < -0.4 is 0 Å². The first-order chi connectivity index (χ1) is 15.6. The van der Waals surface area contributed by atoms with Gasteiger partial charge in [0.1, 0.15) is 11.6 Å². The maximum Gasteiger partial charge on any atom is 0.204 e. The molecule has 0 atom stereocenters. The van der Waals surface area contributed by atoms with Gasteiger partial charge in [-0.15, -0.1) is 10.2 Å². The lowest BCUT2D eigenvalue weighted by Crippen LogP contribution is -2.37. The van der Waals surface area contributed by atoms with Gasteiger partial charge in [0.2, 0.25) is 5.82 Å². The predicted octanol–water partition coefficient (Wildman–Crippen LogP) is 4.38. The molecule has 0 aliphatic carbocycles. The third-order valence-electron chi connectivity index (χ3n) is 5.97. The van der Waals surface area contributed by atoms with E-state index in [1.807, 2.05) is 30.3 Å². The zero-order valence-electron chi connectivity index (χ0n) is 18.0. The Kier molecular flexibility index (Phi) is 7.32. The van der Waals surface area contributed by atoms with Crippen LogP contribution in [0.2, 0.25) is 0 Å². The van der Waals surface area contributed by atoms with Crippen molar-refractivity contribution in [3.05, 3.63) is 65.7 Å². The number of tetrazole rings is 1. The molecule has 1 aromatic heterocycles. The number of likely N-dealkylation sites (tertiary alicyclic amines) is 1. The maximum absolute atomic E-state index is 13.9. The van der Waals surface area contributed by atoms with Gasteiger partial charge in [-0.2, -0.15) is 4.80 Å². The monoisotopic (exact) mass is 439 g/mol. The normalized spacial score (nSPS) is 15.2. The molecule has 2 heterocycles. The molecule has 0 unspecified atom stereocenters. The van der Waals surface area contributed by atoms with Gasteiger partial charge in [-0.3, -0.25) is 4.79 Å². The highest BCUT2D eigenvalue weighted by molar-refractivity contribution is 5.98. The summed E-state index contributed by atoms with van der Waals surface area (Å²) < 4.78 is 27.3. The predicted molar refractivity (Wildman–Crippen MR) is 117 cm³/mol. The van der Waals surface area contributed by atoms with Crippen LogP contribution in [-0.4, -0.2) is 50.5 Å². The summed E-state index contributed by atoms with van der Waals surface area (Å²) in [7, 11) is 0. The van der Waals surface area contributed by atoms with Crippen molar-refractivity contribution >= 4 is 5.78 Å². The molecule has 0 saturated carbocycles. The number of hydrogen-bond acceptors (Lipinski definition) is 5. The number of aryl methyl sites for hydroxylation is 1. The molecule has 3 aromatic rings. The molecular weight excluding hydrogens is 412 g/mol. The van der Waals surface area contributed by atoms with Gasteiger partial charge >= 0.3 is 0 Å². The molecule has 6 nitrogen and oxygen atoms in total. The highest BCUT2D eigenvalue weighted by Gasteiger charge is 2.27. The van der Waals surface area contributed by atoms with E-state index < -0.39 is 11.6 Å². The minimum atomic E-state index is -0.642. The summed E-state index contributed by atoms with van der Waals surface area (Å²) in [5.41, 5.74) is 0.835. The quantitative estimate of drug-likeness (QED) is 0.366. The van der Waals surface area contributed by atoms with Crippen molar-refractivity contribution in [1.29, 1.82) is 0 Å². The van der Waals surface area contributed by atoms with E-state index in [0.29, 0.717) is 18.7 Å². The van der Waals surface area contributed by atoms with Crippen molar-refractivity contribution in [3.63, 3.8) is 0 Å². The van der Waals surface area contributed by atoms with Crippen LogP contribution in [0.4, 0.5) is 8.78 Å². The third kappa shape index (κ3) is 5.62. The van der Waals surface area contributed by atoms with Crippen LogP contribution >= 0.6 is 0 Å². The number of carbonyl (C=O) groups is 1. The topological polar surface area (TPSA) is 63.9 Å². The average Bonchev–Trinajstić information content (AvgIpc) is 3.30. The van der Waals surface area contributed by atoms with E-state index >= 15 is 0 Å². The lowest BCUT2D eigenvalue weighted by atomic mass is 9.88. The summed E-state index contributed by atoms with van der Waals surface area (Å²) in [5, 5.41) is 12.7. The van der Waals surface area contributed by atoms with Gasteiger partial charge in [0, 0.05) is 11.5 Å². The molecular formula is C24H27F2N5O. The van der Waals surface area contributed by atoms with E-state index in [9.17, 15) is 13.6 Å². The Morgan fingerprint density at radius 2 is 1.72 bits per heavy atom. The summed E-state index contributed by atoms with van der Waals surface area (Å²) in [6.45, 7) is 3.31. The Balaban J connectivity index is 1.14. The van der Waals surface area contributed by atoms with Gasteiger partial charge in [-0.1, -0.05) is 36.8 Å². The van der Waals surface area contributed by atoms with E-state index in [2.05, 4.69) is 20.3 Å². The molecule has 1 aliphatic rings.